The Bertz CT molecular complexity index is 319. The Labute approximate surface area is 96.6 Å². The van der Waals surface area contributed by atoms with Gasteiger partial charge in [0, 0.05) is 6.42 Å². The second-order valence-corrected chi connectivity index (χ2v) is 3.81. The summed E-state index contributed by atoms with van der Waals surface area (Å²) >= 11 is 0. The standard InChI is InChI=1S/C13H19NO2/c1-2-4-11-6-8-12(9-7-11)16-10-3-5-13(14)15/h6-9H,2-5,10H2,1H3,(H2,14,15). The van der Waals surface area contributed by atoms with Gasteiger partial charge < -0.3 is 10.5 Å². The lowest BCUT2D eigenvalue weighted by molar-refractivity contribution is -0.118. The molecule has 1 aromatic rings. The first-order valence-corrected chi connectivity index (χ1v) is 5.72. The maximum Gasteiger partial charge on any atom is 0.217 e. The summed E-state index contributed by atoms with van der Waals surface area (Å²) < 4.78 is 5.48. The minimum atomic E-state index is -0.276. The van der Waals surface area contributed by atoms with Crippen molar-refractivity contribution < 1.29 is 9.53 Å². The van der Waals surface area contributed by atoms with Crippen LogP contribution >= 0.6 is 0 Å². The first kappa shape index (κ1) is 12.6. The number of carbonyl (C=O) groups is 1. The van der Waals surface area contributed by atoms with Crippen molar-refractivity contribution in [2.24, 2.45) is 5.73 Å². The molecule has 0 saturated carbocycles. The largest absolute Gasteiger partial charge is 0.494 e. The van der Waals surface area contributed by atoms with E-state index < -0.39 is 0 Å². The van der Waals surface area contributed by atoms with Crippen molar-refractivity contribution in [3.05, 3.63) is 29.8 Å². The van der Waals surface area contributed by atoms with Crippen molar-refractivity contribution in [3.63, 3.8) is 0 Å². The van der Waals surface area contributed by atoms with E-state index in [9.17, 15) is 4.79 Å². The van der Waals surface area contributed by atoms with Gasteiger partial charge >= 0.3 is 0 Å². The molecule has 0 spiro atoms. The molecule has 0 heterocycles. The number of nitrogens with two attached hydrogens (primary N) is 1. The molecule has 0 aromatic heterocycles. The van der Waals surface area contributed by atoms with Gasteiger partial charge in [-0.3, -0.25) is 4.79 Å². The number of rotatable bonds is 7. The normalized spacial score (nSPS) is 10.1. The van der Waals surface area contributed by atoms with Gasteiger partial charge in [-0.2, -0.15) is 0 Å². The van der Waals surface area contributed by atoms with Gasteiger partial charge in [0.25, 0.3) is 0 Å². The summed E-state index contributed by atoms with van der Waals surface area (Å²) in [5, 5.41) is 0. The number of amides is 1. The number of aryl methyl sites for hydroxylation is 1. The van der Waals surface area contributed by atoms with Gasteiger partial charge in [0.2, 0.25) is 5.91 Å². The summed E-state index contributed by atoms with van der Waals surface area (Å²) in [7, 11) is 0. The van der Waals surface area contributed by atoms with Crippen LogP contribution in [0.1, 0.15) is 31.7 Å². The minimum Gasteiger partial charge on any atom is -0.494 e. The Hall–Kier alpha value is -1.51. The molecule has 0 aliphatic rings. The van der Waals surface area contributed by atoms with Crippen LogP contribution in [0.25, 0.3) is 0 Å². The highest BCUT2D eigenvalue weighted by molar-refractivity contribution is 5.73. The molecule has 1 aromatic carbocycles. The van der Waals surface area contributed by atoms with E-state index in [0.717, 1.165) is 18.6 Å². The molecule has 2 N–H and O–H groups in total. The van der Waals surface area contributed by atoms with Crippen molar-refractivity contribution in [1.82, 2.24) is 0 Å². The number of benzene rings is 1. The maximum atomic E-state index is 10.5. The summed E-state index contributed by atoms with van der Waals surface area (Å²) in [5.41, 5.74) is 6.36. The van der Waals surface area contributed by atoms with E-state index in [2.05, 4.69) is 19.1 Å². The monoisotopic (exact) mass is 221 g/mol. The molecule has 0 atom stereocenters. The van der Waals surface area contributed by atoms with Gasteiger partial charge in [-0.15, -0.1) is 0 Å². The van der Waals surface area contributed by atoms with Crippen molar-refractivity contribution in [2.45, 2.75) is 32.6 Å². The van der Waals surface area contributed by atoms with Crippen LogP contribution in [0.5, 0.6) is 5.75 Å². The molecule has 0 radical (unpaired) electrons. The molecule has 0 bridgehead atoms. The zero-order chi connectivity index (χ0) is 11.8. The molecule has 88 valence electrons. The van der Waals surface area contributed by atoms with Gasteiger partial charge in [-0.05, 0) is 30.5 Å². The molecule has 0 fully saturated rings. The van der Waals surface area contributed by atoms with Crippen LogP contribution in [0.15, 0.2) is 24.3 Å². The molecule has 1 amide bonds. The fourth-order valence-corrected chi connectivity index (χ4v) is 1.48. The minimum absolute atomic E-state index is 0.276. The number of ether oxygens (including phenoxy) is 1. The maximum absolute atomic E-state index is 10.5. The Kier molecular flexibility index (Phi) is 5.40. The van der Waals surface area contributed by atoms with Crippen LogP contribution in [0, 0.1) is 0 Å². The van der Waals surface area contributed by atoms with Crippen LogP contribution in [-0.2, 0) is 11.2 Å². The quantitative estimate of drug-likeness (QED) is 0.718. The molecule has 3 nitrogen and oxygen atoms in total. The van der Waals surface area contributed by atoms with E-state index in [1.165, 1.54) is 5.56 Å². The molecular formula is C13H19NO2. The fraction of sp³-hybridized carbons (Fsp3) is 0.462. The topological polar surface area (TPSA) is 52.3 Å². The van der Waals surface area contributed by atoms with Crippen molar-refractivity contribution in [2.75, 3.05) is 6.61 Å². The van der Waals surface area contributed by atoms with Crippen LogP contribution in [0.2, 0.25) is 0 Å². The third-order valence-electron chi connectivity index (χ3n) is 2.30. The van der Waals surface area contributed by atoms with Gasteiger partial charge in [-0.1, -0.05) is 25.5 Å². The lowest BCUT2D eigenvalue weighted by Crippen LogP contribution is -2.11. The third-order valence-corrected chi connectivity index (χ3v) is 2.30. The number of hydrogen-bond donors (Lipinski definition) is 1. The SMILES string of the molecule is CCCc1ccc(OCCCC(N)=O)cc1. The second kappa shape index (κ2) is 6.88. The van der Waals surface area contributed by atoms with Crippen molar-refractivity contribution in [1.29, 1.82) is 0 Å². The van der Waals surface area contributed by atoms with Crippen LogP contribution in [-0.4, -0.2) is 12.5 Å². The highest BCUT2D eigenvalue weighted by Gasteiger charge is 1.97. The predicted octanol–water partition coefficient (Wildman–Crippen LogP) is 2.28. The second-order valence-electron chi connectivity index (χ2n) is 3.81. The summed E-state index contributed by atoms with van der Waals surface area (Å²) in [6.45, 7) is 2.70. The first-order chi connectivity index (χ1) is 7.72. The van der Waals surface area contributed by atoms with Gasteiger partial charge in [0.1, 0.15) is 5.75 Å². The van der Waals surface area contributed by atoms with Crippen LogP contribution < -0.4 is 10.5 Å². The zero-order valence-electron chi connectivity index (χ0n) is 9.74. The molecule has 0 saturated heterocycles. The predicted molar refractivity (Wildman–Crippen MR) is 64.4 cm³/mol. The molecular weight excluding hydrogens is 202 g/mol. The molecule has 3 heteroatoms. The molecule has 0 aliphatic heterocycles. The van der Waals surface area contributed by atoms with Crippen molar-refractivity contribution in [3.8, 4) is 5.75 Å². The Morgan fingerprint density at radius 1 is 1.31 bits per heavy atom. The summed E-state index contributed by atoms with van der Waals surface area (Å²) in [5.74, 6) is 0.575. The highest BCUT2D eigenvalue weighted by Crippen LogP contribution is 2.13. The smallest absolute Gasteiger partial charge is 0.217 e. The van der Waals surface area contributed by atoms with E-state index in [4.69, 9.17) is 10.5 Å². The average Bonchev–Trinajstić information content (AvgIpc) is 2.27. The van der Waals surface area contributed by atoms with Gasteiger partial charge in [0.05, 0.1) is 6.61 Å². The van der Waals surface area contributed by atoms with E-state index in [1.807, 2.05) is 12.1 Å². The average molecular weight is 221 g/mol. The Morgan fingerprint density at radius 3 is 2.56 bits per heavy atom. The van der Waals surface area contributed by atoms with Gasteiger partial charge in [0.15, 0.2) is 0 Å². The lowest BCUT2D eigenvalue weighted by Gasteiger charge is -2.06. The molecule has 0 unspecified atom stereocenters. The zero-order valence-corrected chi connectivity index (χ0v) is 9.74. The van der Waals surface area contributed by atoms with E-state index in [1.54, 1.807) is 0 Å². The number of carbonyl (C=O) groups excluding carboxylic acids is 1. The molecule has 1 rings (SSSR count). The van der Waals surface area contributed by atoms with Crippen LogP contribution in [0.3, 0.4) is 0 Å². The highest BCUT2D eigenvalue weighted by atomic mass is 16.5. The van der Waals surface area contributed by atoms with Crippen molar-refractivity contribution >= 4 is 5.91 Å². The Balaban J connectivity index is 2.29. The summed E-state index contributed by atoms with van der Waals surface area (Å²) in [6.07, 6.45) is 3.31. The van der Waals surface area contributed by atoms with Crippen LogP contribution in [0.4, 0.5) is 0 Å². The third kappa shape index (κ3) is 4.82. The van der Waals surface area contributed by atoms with E-state index in [-0.39, 0.29) is 5.91 Å². The first-order valence-electron chi connectivity index (χ1n) is 5.72. The number of hydrogen-bond acceptors (Lipinski definition) is 2. The summed E-state index contributed by atoms with van der Waals surface area (Å²) in [4.78, 5) is 10.5. The summed E-state index contributed by atoms with van der Waals surface area (Å²) in [6, 6.07) is 8.09. The van der Waals surface area contributed by atoms with E-state index >= 15 is 0 Å². The molecule has 16 heavy (non-hydrogen) atoms. The fourth-order valence-electron chi connectivity index (χ4n) is 1.48. The van der Waals surface area contributed by atoms with Gasteiger partial charge in [-0.25, -0.2) is 0 Å². The molecule has 0 aliphatic carbocycles. The number of primary amides is 1. The van der Waals surface area contributed by atoms with E-state index in [0.29, 0.717) is 19.4 Å². The Morgan fingerprint density at radius 2 is 2.00 bits per heavy atom. The lowest BCUT2D eigenvalue weighted by atomic mass is 10.1.